The number of ether oxygens (including phenoxy) is 2. The highest BCUT2D eigenvalue weighted by atomic mass is 16.6. The second-order valence-electron chi connectivity index (χ2n) is 10.1. The van der Waals surface area contributed by atoms with Crippen molar-refractivity contribution in [3.05, 3.63) is 24.2 Å². The van der Waals surface area contributed by atoms with Gasteiger partial charge in [0.05, 0.1) is 5.69 Å². The Hall–Kier alpha value is -3.07. The Bertz CT molecular complexity index is 1140. The number of esters is 1. The Labute approximate surface area is 209 Å². The molecule has 2 aromatic heterocycles. The standard InChI is InChI=1S/C25H33N5O6/c1-15(2)10-20(31)29-24-17-8-9-19(30(17)28-14-27-24)25(13-26)23(34)22(33)18(36-25)12-35-21(32)11-16-6-4-3-5-7-16/h8-9,14-16,18,22-23,33-34H,3-7,10-12H2,1-2H3,(H,27,28,29,31)/t18-,22-,23-,25+/m1/s1. The molecule has 2 aromatic rings. The van der Waals surface area contributed by atoms with Gasteiger partial charge in [0.2, 0.25) is 11.5 Å². The number of nitrogens with zero attached hydrogens (tertiary/aromatic N) is 4. The fourth-order valence-electron chi connectivity index (χ4n) is 5.04. The average molecular weight is 500 g/mol. The van der Waals surface area contributed by atoms with Crippen molar-refractivity contribution in [2.45, 2.75) is 82.7 Å². The van der Waals surface area contributed by atoms with Crippen LogP contribution in [0.2, 0.25) is 0 Å². The van der Waals surface area contributed by atoms with Gasteiger partial charge in [0, 0.05) is 12.8 Å². The fourth-order valence-corrected chi connectivity index (χ4v) is 5.04. The summed E-state index contributed by atoms with van der Waals surface area (Å²) in [6.45, 7) is 3.56. The molecule has 2 fully saturated rings. The molecular formula is C25H33N5O6. The lowest BCUT2D eigenvalue weighted by Gasteiger charge is -2.24. The minimum atomic E-state index is -1.97. The van der Waals surface area contributed by atoms with Gasteiger partial charge in [-0.1, -0.05) is 33.1 Å². The summed E-state index contributed by atoms with van der Waals surface area (Å²) in [7, 11) is 0. The zero-order valence-electron chi connectivity index (χ0n) is 20.6. The number of hydrogen-bond donors (Lipinski definition) is 3. The van der Waals surface area contributed by atoms with Crippen LogP contribution in [0.15, 0.2) is 18.5 Å². The van der Waals surface area contributed by atoms with Crippen LogP contribution >= 0.6 is 0 Å². The molecule has 11 nitrogen and oxygen atoms in total. The van der Waals surface area contributed by atoms with Gasteiger partial charge in [-0.3, -0.25) is 9.59 Å². The number of aliphatic hydroxyl groups excluding tert-OH is 2. The smallest absolute Gasteiger partial charge is 0.306 e. The number of fused-ring (bicyclic) bond motifs is 1. The van der Waals surface area contributed by atoms with Crippen LogP contribution in [0.3, 0.4) is 0 Å². The van der Waals surface area contributed by atoms with E-state index in [0.29, 0.717) is 24.3 Å². The molecule has 11 heteroatoms. The second-order valence-corrected chi connectivity index (χ2v) is 10.1. The summed E-state index contributed by atoms with van der Waals surface area (Å²) in [5.74, 6) is 0.0993. The van der Waals surface area contributed by atoms with E-state index >= 15 is 0 Å². The normalized spacial score (nSPS) is 26.7. The molecule has 3 N–H and O–H groups in total. The summed E-state index contributed by atoms with van der Waals surface area (Å²) >= 11 is 0. The Morgan fingerprint density at radius 2 is 2.06 bits per heavy atom. The summed E-state index contributed by atoms with van der Waals surface area (Å²) in [5.41, 5.74) is -1.42. The average Bonchev–Trinajstić information content (AvgIpc) is 3.39. The van der Waals surface area contributed by atoms with Crippen LogP contribution in [-0.4, -0.2) is 61.6 Å². The SMILES string of the molecule is CC(C)CC(=O)Nc1ncnn2c([C@]3(C#N)O[C@H](COC(=O)CC4CCCCC4)[C@@H](O)[C@H]3O)ccc12. The topological polar surface area (TPSA) is 159 Å². The molecule has 1 saturated carbocycles. The highest BCUT2D eigenvalue weighted by Crippen LogP contribution is 2.40. The molecular weight excluding hydrogens is 466 g/mol. The highest BCUT2D eigenvalue weighted by molar-refractivity contribution is 5.93. The molecule has 0 aromatic carbocycles. The van der Waals surface area contributed by atoms with Crippen molar-refractivity contribution in [1.82, 2.24) is 14.6 Å². The molecule has 1 aliphatic carbocycles. The first kappa shape index (κ1) is 26.0. The third-order valence-corrected chi connectivity index (χ3v) is 6.90. The van der Waals surface area contributed by atoms with Gasteiger partial charge in [-0.2, -0.15) is 10.4 Å². The first-order valence-electron chi connectivity index (χ1n) is 12.5. The fraction of sp³-hybridized carbons (Fsp3) is 0.640. The number of amides is 1. The van der Waals surface area contributed by atoms with Crippen LogP contribution in [0.25, 0.3) is 5.52 Å². The van der Waals surface area contributed by atoms with Gasteiger partial charge in [0.25, 0.3) is 0 Å². The van der Waals surface area contributed by atoms with Crippen molar-refractivity contribution in [2.24, 2.45) is 11.8 Å². The van der Waals surface area contributed by atoms with Crippen LogP contribution in [0.1, 0.15) is 64.5 Å². The minimum absolute atomic E-state index is 0.157. The molecule has 4 atom stereocenters. The van der Waals surface area contributed by atoms with E-state index in [2.05, 4.69) is 15.4 Å². The van der Waals surface area contributed by atoms with E-state index in [1.165, 1.54) is 23.3 Å². The summed E-state index contributed by atoms with van der Waals surface area (Å²) in [4.78, 5) is 28.7. The van der Waals surface area contributed by atoms with Crippen LogP contribution in [-0.2, 0) is 24.7 Å². The van der Waals surface area contributed by atoms with Crippen LogP contribution in [0.4, 0.5) is 5.82 Å². The zero-order valence-corrected chi connectivity index (χ0v) is 20.6. The maximum absolute atomic E-state index is 12.3. The summed E-state index contributed by atoms with van der Waals surface area (Å²) in [5, 5.41) is 38.6. The van der Waals surface area contributed by atoms with Gasteiger partial charge in [-0.25, -0.2) is 9.50 Å². The van der Waals surface area contributed by atoms with Crippen LogP contribution < -0.4 is 5.32 Å². The van der Waals surface area contributed by atoms with Crippen molar-refractivity contribution in [3.8, 4) is 6.07 Å². The zero-order chi connectivity index (χ0) is 25.9. The summed E-state index contributed by atoms with van der Waals surface area (Å²) in [6, 6.07) is 5.10. The van der Waals surface area contributed by atoms with Crippen LogP contribution in [0.5, 0.6) is 0 Å². The number of carbonyl (C=O) groups excluding carboxylic acids is 2. The summed E-state index contributed by atoms with van der Waals surface area (Å²) < 4.78 is 12.6. The molecule has 0 unspecified atom stereocenters. The Balaban J connectivity index is 1.51. The van der Waals surface area contributed by atoms with Crippen molar-refractivity contribution >= 4 is 23.2 Å². The highest BCUT2D eigenvalue weighted by Gasteiger charge is 2.57. The quantitative estimate of drug-likeness (QED) is 0.462. The van der Waals surface area contributed by atoms with E-state index in [0.717, 1.165) is 25.7 Å². The first-order valence-corrected chi connectivity index (χ1v) is 12.5. The monoisotopic (exact) mass is 499 g/mol. The van der Waals surface area contributed by atoms with E-state index in [1.54, 1.807) is 6.07 Å². The lowest BCUT2D eigenvalue weighted by Crippen LogP contribution is -2.41. The maximum Gasteiger partial charge on any atom is 0.306 e. The molecule has 4 rings (SSSR count). The number of carbonyl (C=O) groups is 2. The predicted molar refractivity (Wildman–Crippen MR) is 127 cm³/mol. The predicted octanol–water partition coefficient (Wildman–Crippen LogP) is 2.07. The van der Waals surface area contributed by atoms with Gasteiger partial charge in [-0.05, 0) is 36.8 Å². The number of anilines is 1. The number of aliphatic hydroxyl groups is 2. The molecule has 3 heterocycles. The van der Waals surface area contributed by atoms with Gasteiger partial charge in [0.15, 0.2) is 5.82 Å². The van der Waals surface area contributed by atoms with Gasteiger partial charge < -0.3 is 25.0 Å². The van der Waals surface area contributed by atoms with E-state index in [1.807, 2.05) is 19.9 Å². The van der Waals surface area contributed by atoms with Crippen molar-refractivity contribution in [1.29, 1.82) is 5.26 Å². The third-order valence-electron chi connectivity index (χ3n) is 6.90. The van der Waals surface area contributed by atoms with E-state index in [4.69, 9.17) is 9.47 Å². The number of aromatic nitrogens is 3. The van der Waals surface area contributed by atoms with Crippen molar-refractivity contribution in [2.75, 3.05) is 11.9 Å². The lowest BCUT2D eigenvalue weighted by atomic mass is 9.87. The maximum atomic E-state index is 12.3. The molecule has 194 valence electrons. The van der Waals surface area contributed by atoms with Crippen molar-refractivity contribution in [3.63, 3.8) is 0 Å². The van der Waals surface area contributed by atoms with Crippen LogP contribution in [0, 0.1) is 23.2 Å². The molecule has 1 amide bonds. The molecule has 36 heavy (non-hydrogen) atoms. The molecule has 0 spiro atoms. The number of hydrogen-bond acceptors (Lipinski definition) is 9. The molecule has 1 aliphatic heterocycles. The van der Waals surface area contributed by atoms with Gasteiger partial charge in [0.1, 0.15) is 42.8 Å². The Morgan fingerprint density at radius 1 is 1.31 bits per heavy atom. The van der Waals surface area contributed by atoms with E-state index in [-0.39, 0.29) is 35.9 Å². The largest absolute Gasteiger partial charge is 0.463 e. The molecule has 2 aliphatic rings. The lowest BCUT2D eigenvalue weighted by molar-refractivity contribution is -0.152. The van der Waals surface area contributed by atoms with Gasteiger partial charge in [-0.15, -0.1) is 0 Å². The number of nitrogens with one attached hydrogen (secondary N) is 1. The summed E-state index contributed by atoms with van der Waals surface area (Å²) in [6.07, 6.45) is 3.03. The van der Waals surface area contributed by atoms with Gasteiger partial charge >= 0.3 is 5.97 Å². The first-order chi connectivity index (χ1) is 17.2. The third kappa shape index (κ3) is 5.21. The minimum Gasteiger partial charge on any atom is -0.463 e. The molecule has 0 radical (unpaired) electrons. The van der Waals surface area contributed by atoms with E-state index in [9.17, 15) is 25.1 Å². The number of nitriles is 1. The Morgan fingerprint density at radius 3 is 2.75 bits per heavy atom. The number of rotatable bonds is 8. The Kier molecular flexibility index (Phi) is 7.88. The molecule has 0 bridgehead atoms. The second kappa shape index (κ2) is 10.9. The van der Waals surface area contributed by atoms with E-state index < -0.39 is 23.9 Å². The molecule has 1 saturated heterocycles. The van der Waals surface area contributed by atoms with Crippen molar-refractivity contribution < 1.29 is 29.3 Å².